The van der Waals surface area contributed by atoms with Crippen molar-refractivity contribution in [2.45, 2.75) is 25.4 Å². The van der Waals surface area contributed by atoms with Crippen LogP contribution in [0.25, 0.3) is 0 Å². The third-order valence-corrected chi connectivity index (χ3v) is 2.65. The summed E-state index contributed by atoms with van der Waals surface area (Å²) in [7, 11) is 1.16. The standard InChI is InChI=1S/C13H15NO7/c1-20-13(17)11(7-4-8-12(15)16)21-10-6-3-2-5-9(10)14(18)19/h2-3,5-6,11H,4,7-8H2,1H3,(H,15,16). The monoisotopic (exact) mass is 297 g/mol. The summed E-state index contributed by atoms with van der Waals surface area (Å²) < 4.78 is 9.89. The van der Waals surface area contributed by atoms with Gasteiger partial charge < -0.3 is 14.6 Å². The maximum atomic E-state index is 11.6. The molecule has 0 spiro atoms. The van der Waals surface area contributed by atoms with E-state index in [0.717, 1.165) is 7.11 Å². The normalized spacial score (nSPS) is 11.5. The van der Waals surface area contributed by atoms with Crippen LogP contribution in [-0.2, 0) is 14.3 Å². The average Bonchev–Trinajstić information content (AvgIpc) is 2.45. The van der Waals surface area contributed by atoms with E-state index in [1.165, 1.54) is 24.3 Å². The molecule has 0 aliphatic rings. The third-order valence-electron chi connectivity index (χ3n) is 2.65. The number of carbonyl (C=O) groups is 2. The molecule has 0 aromatic heterocycles. The summed E-state index contributed by atoms with van der Waals surface area (Å²) in [4.78, 5) is 32.3. The summed E-state index contributed by atoms with van der Waals surface area (Å²) in [5, 5.41) is 19.5. The molecular formula is C13H15NO7. The fourth-order valence-electron chi connectivity index (χ4n) is 1.66. The summed E-state index contributed by atoms with van der Waals surface area (Å²) >= 11 is 0. The van der Waals surface area contributed by atoms with Crippen LogP contribution in [0, 0.1) is 10.1 Å². The van der Waals surface area contributed by atoms with E-state index in [9.17, 15) is 19.7 Å². The van der Waals surface area contributed by atoms with Gasteiger partial charge in [0, 0.05) is 12.5 Å². The maximum Gasteiger partial charge on any atom is 0.347 e. The molecule has 8 nitrogen and oxygen atoms in total. The zero-order valence-electron chi connectivity index (χ0n) is 11.4. The molecule has 21 heavy (non-hydrogen) atoms. The molecule has 0 amide bonds. The van der Waals surface area contributed by atoms with Crippen molar-refractivity contribution in [1.82, 2.24) is 0 Å². The number of rotatable bonds is 8. The van der Waals surface area contributed by atoms with Crippen molar-refractivity contribution in [2.24, 2.45) is 0 Å². The number of aliphatic carboxylic acids is 1. The van der Waals surface area contributed by atoms with Gasteiger partial charge in [0.2, 0.25) is 0 Å². The second-order valence-corrected chi connectivity index (χ2v) is 4.14. The number of nitrogens with zero attached hydrogens (tertiary/aromatic N) is 1. The minimum Gasteiger partial charge on any atom is -0.481 e. The van der Waals surface area contributed by atoms with Crippen LogP contribution in [0.2, 0.25) is 0 Å². The molecule has 1 rings (SSSR count). The van der Waals surface area contributed by atoms with Crippen molar-refractivity contribution < 1.29 is 29.1 Å². The molecule has 0 fully saturated rings. The number of hydrogen-bond donors (Lipinski definition) is 1. The maximum absolute atomic E-state index is 11.6. The average molecular weight is 297 g/mol. The Bertz CT molecular complexity index is 529. The molecule has 1 N–H and O–H groups in total. The minimum absolute atomic E-state index is 0.0618. The van der Waals surface area contributed by atoms with E-state index in [1.807, 2.05) is 0 Å². The molecule has 0 aliphatic heterocycles. The van der Waals surface area contributed by atoms with Crippen LogP contribution in [0.15, 0.2) is 24.3 Å². The highest BCUT2D eigenvalue weighted by atomic mass is 16.6. The first-order valence-electron chi connectivity index (χ1n) is 6.15. The molecule has 1 unspecified atom stereocenters. The molecule has 8 heteroatoms. The van der Waals surface area contributed by atoms with Crippen molar-refractivity contribution in [3.8, 4) is 5.75 Å². The summed E-state index contributed by atoms with van der Waals surface area (Å²) in [6.07, 6.45) is -0.940. The Morgan fingerprint density at radius 1 is 1.38 bits per heavy atom. The number of ether oxygens (including phenoxy) is 2. The van der Waals surface area contributed by atoms with Gasteiger partial charge in [-0.3, -0.25) is 14.9 Å². The number of para-hydroxylation sites is 2. The van der Waals surface area contributed by atoms with Crippen molar-refractivity contribution in [3.05, 3.63) is 34.4 Å². The lowest BCUT2D eigenvalue weighted by Gasteiger charge is -2.16. The number of hydrogen-bond acceptors (Lipinski definition) is 6. The second-order valence-electron chi connectivity index (χ2n) is 4.14. The predicted molar refractivity (Wildman–Crippen MR) is 71.0 cm³/mol. The molecule has 0 aliphatic carbocycles. The van der Waals surface area contributed by atoms with Gasteiger partial charge in [0.25, 0.3) is 0 Å². The zero-order valence-corrected chi connectivity index (χ0v) is 11.4. The van der Waals surface area contributed by atoms with Crippen LogP contribution in [0.5, 0.6) is 5.75 Å². The lowest BCUT2D eigenvalue weighted by molar-refractivity contribution is -0.386. The number of nitro groups is 1. The number of carboxylic acid groups (broad SMARTS) is 1. The van der Waals surface area contributed by atoms with Gasteiger partial charge in [0.1, 0.15) is 0 Å². The van der Waals surface area contributed by atoms with E-state index < -0.39 is 23.0 Å². The van der Waals surface area contributed by atoms with E-state index in [0.29, 0.717) is 0 Å². The van der Waals surface area contributed by atoms with Crippen molar-refractivity contribution in [2.75, 3.05) is 7.11 Å². The molecule has 1 aromatic rings. The van der Waals surface area contributed by atoms with Gasteiger partial charge in [0.05, 0.1) is 12.0 Å². The Labute approximate surface area is 120 Å². The Morgan fingerprint density at radius 3 is 2.62 bits per heavy atom. The van der Waals surface area contributed by atoms with Crippen LogP contribution in [0.1, 0.15) is 19.3 Å². The van der Waals surface area contributed by atoms with Crippen molar-refractivity contribution in [3.63, 3.8) is 0 Å². The Hall–Kier alpha value is -2.64. The number of nitro benzene ring substituents is 1. The molecule has 0 heterocycles. The fourth-order valence-corrected chi connectivity index (χ4v) is 1.66. The first-order valence-corrected chi connectivity index (χ1v) is 6.15. The van der Waals surface area contributed by atoms with Gasteiger partial charge >= 0.3 is 17.6 Å². The molecule has 0 saturated carbocycles. The smallest absolute Gasteiger partial charge is 0.347 e. The predicted octanol–water partition coefficient (Wildman–Crippen LogP) is 1.77. The van der Waals surface area contributed by atoms with Gasteiger partial charge in [-0.15, -0.1) is 0 Å². The Morgan fingerprint density at radius 2 is 2.05 bits per heavy atom. The molecule has 114 valence electrons. The SMILES string of the molecule is COC(=O)C(CCCC(=O)O)Oc1ccccc1[N+](=O)[O-]. The minimum atomic E-state index is -1.09. The van der Waals surface area contributed by atoms with E-state index >= 15 is 0 Å². The largest absolute Gasteiger partial charge is 0.481 e. The lowest BCUT2D eigenvalue weighted by atomic mass is 10.1. The van der Waals surface area contributed by atoms with Gasteiger partial charge in [0.15, 0.2) is 11.9 Å². The lowest BCUT2D eigenvalue weighted by Crippen LogP contribution is -2.29. The van der Waals surface area contributed by atoms with Crippen LogP contribution in [-0.4, -0.2) is 35.2 Å². The van der Waals surface area contributed by atoms with Crippen molar-refractivity contribution >= 4 is 17.6 Å². The summed E-state index contributed by atoms with van der Waals surface area (Å²) in [5.41, 5.74) is -0.273. The van der Waals surface area contributed by atoms with Gasteiger partial charge in [-0.1, -0.05) is 12.1 Å². The van der Waals surface area contributed by atoms with Crippen LogP contribution < -0.4 is 4.74 Å². The Kier molecular flexibility index (Phi) is 6.12. The van der Waals surface area contributed by atoms with Crippen molar-refractivity contribution in [1.29, 1.82) is 0 Å². The Balaban J connectivity index is 2.83. The number of carbonyl (C=O) groups excluding carboxylic acids is 1. The van der Waals surface area contributed by atoms with E-state index in [2.05, 4.69) is 4.74 Å². The molecule has 0 radical (unpaired) electrons. The van der Waals surface area contributed by atoms with Crippen LogP contribution in [0.4, 0.5) is 5.69 Å². The molecule has 0 bridgehead atoms. The fraction of sp³-hybridized carbons (Fsp3) is 0.385. The molecule has 1 atom stereocenters. The first kappa shape index (κ1) is 16.4. The van der Waals surface area contributed by atoms with E-state index in [-0.39, 0.29) is 30.7 Å². The van der Waals surface area contributed by atoms with E-state index in [1.54, 1.807) is 0 Å². The first-order chi connectivity index (χ1) is 9.95. The summed E-state index contributed by atoms with van der Waals surface area (Å²) in [6.45, 7) is 0. The molecule has 0 saturated heterocycles. The summed E-state index contributed by atoms with van der Waals surface area (Å²) in [6, 6.07) is 5.63. The van der Waals surface area contributed by atoms with Crippen LogP contribution in [0.3, 0.4) is 0 Å². The van der Waals surface area contributed by atoms with Gasteiger partial charge in [-0.05, 0) is 18.9 Å². The number of esters is 1. The highest BCUT2D eigenvalue weighted by Crippen LogP contribution is 2.27. The zero-order chi connectivity index (χ0) is 15.8. The third kappa shape index (κ3) is 5.09. The second kappa shape index (κ2) is 7.83. The topological polar surface area (TPSA) is 116 Å². The van der Waals surface area contributed by atoms with Gasteiger partial charge in [-0.2, -0.15) is 0 Å². The van der Waals surface area contributed by atoms with E-state index in [4.69, 9.17) is 9.84 Å². The van der Waals surface area contributed by atoms with Gasteiger partial charge in [-0.25, -0.2) is 4.79 Å². The summed E-state index contributed by atoms with van der Waals surface area (Å²) in [5.74, 6) is -1.77. The number of benzene rings is 1. The van der Waals surface area contributed by atoms with Crippen LogP contribution >= 0.6 is 0 Å². The highest BCUT2D eigenvalue weighted by molar-refractivity contribution is 5.75. The highest BCUT2D eigenvalue weighted by Gasteiger charge is 2.25. The molecule has 1 aromatic carbocycles. The molecular weight excluding hydrogens is 282 g/mol. The number of carboxylic acids is 1. The quantitative estimate of drug-likeness (QED) is 0.441. The number of methoxy groups -OCH3 is 1.